The van der Waals surface area contributed by atoms with E-state index in [-0.39, 0.29) is 12.4 Å². The van der Waals surface area contributed by atoms with Crippen molar-refractivity contribution in [2.45, 2.75) is 6.92 Å². The number of nitrogens with one attached hydrogen (secondary N) is 1. The van der Waals surface area contributed by atoms with Crippen molar-refractivity contribution in [3.05, 3.63) is 59.7 Å². The van der Waals surface area contributed by atoms with Gasteiger partial charge in [0.15, 0.2) is 19.5 Å². The number of carbonyl (C=O) groups excluding carboxylic acids is 3. The van der Waals surface area contributed by atoms with Gasteiger partial charge in [0.05, 0.1) is 5.56 Å². The van der Waals surface area contributed by atoms with Crippen LogP contribution in [-0.4, -0.2) is 31.4 Å². The number of ether oxygens (including phenoxy) is 2. The zero-order valence-electron chi connectivity index (χ0n) is 13.2. The van der Waals surface area contributed by atoms with E-state index in [0.29, 0.717) is 17.5 Å². The van der Waals surface area contributed by atoms with Crippen molar-refractivity contribution in [3.8, 4) is 5.75 Å². The summed E-state index contributed by atoms with van der Waals surface area (Å²) in [5, 5.41) is 2.61. The van der Waals surface area contributed by atoms with Gasteiger partial charge >= 0.3 is 5.97 Å². The molecule has 124 valence electrons. The Morgan fingerprint density at radius 3 is 2.46 bits per heavy atom. The Labute approximate surface area is 139 Å². The summed E-state index contributed by atoms with van der Waals surface area (Å²) in [5.41, 5.74) is 2.03. The van der Waals surface area contributed by atoms with E-state index in [2.05, 4.69) is 5.32 Å². The van der Waals surface area contributed by atoms with Crippen molar-refractivity contribution < 1.29 is 23.9 Å². The molecule has 0 atom stereocenters. The van der Waals surface area contributed by atoms with E-state index >= 15 is 0 Å². The van der Waals surface area contributed by atoms with Crippen LogP contribution in [0.25, 0.3) is 0 Å². The molecule has 0 saturated heterocycles. The summed E-state index contributed by atoms with van der Waals surface area (Å²) in [6.07, 6.45) is 0.635. The lowest BCUT2D eigenvalue weighted by Gasteiger charge is -2.09. The van der Waals surface area contributed by atoms with Gasteiger partial charge in [-0.15, -0.1) is 0 Å². The fraction of sp³-hybridized carbons (Fsp3) is 0.167. The van der Waals surface area contributed by atoms with Crippen LogP contribution in [0.3, 0.4) is 0 Å². The highest BCUT2D eigenvalue weighted by Gasteiger charge is 2.10. The van der Waals surface area contributed by atoms with Crippen LogP contribution >= 0.6 is 0 Å². The van der Waals surface area contributed by atoms with Crippen LogP contribution in [0.1, 0.15) is 15.9 Å². The Bertz CT molecular complexity index is 724. The number of amides is 1. The lowest BCUT2D eigenvalue weighted by molar-refractivity contribution is -0.149. The second kappa shape index (κ2) is 8.47. The quantitative estimate of drug-likeness (QED) is 0.624. The molecule has 0 fully saturated rings. The van der Waals surface area contributed by atoms with Gasteiger partial charge in [0.25, 0.3) is 5.91 Å². The van der Waals surface area contributed by atoms with Gasteiger partial charge in [-0.2, -0.15) is 0 Å². The van der Waals surface area contributed by atoms with Gasteiger partial charge in [0.1, 0.15) is 5.75 Å². The van der Waals surface area contributed by atoms with Gasteiger partial charge in [-0.3, -0.25) is 9.59 Å². The molecule has 1 N–H and O–H groups in total. The first-order valence-corrected chi connectivity index (χ1v) is 7.27. The Balaban J connectivity index is 1.75. The number of hydrogen-bond donors (Lipinski definition) is 1. The predicted molar refractivity (Wildman–Crippen MR) is 88.1 cm³/mol. The summed E-state index contributed by atoms with van der Waals surface area (Å²) < 4.78 is 10.0. The van der Waals surface area contributed by atoms with E-state index in [4.69, 9.17) is 9.47 Å². The molecular formula is C18H17NO5. The number of anilines is 1. The molecule has 0 aromatic heterocycles. The van der Waals surface area contributed by atoms with Gasteiger partial charge in [0, 0.05) is 5.69 Å². The van der Waals surface area contributed by atoms with Crippen molar-refractivity contribution in [1.82, 2.24) is 0 Å². The monoisotopic (exact) mass is 327 g/mol. The van der Waals surface area contributed by atoms with E-state index in [9.17, 15) is 14.4 Å². The number of carbonyl (C=O) groups is 3. The molecule has 6 heteroatoms. The molecule has 2 rings (SSSR count). The van der Waals surface area contributed by atoms with E-state index in [1.165, 1.54) is 0 Å². The van der Waals surface area contributed by atoms with Crippen LogP contribution in [0.15, 0.2) is 48.5 Å². The van der Waals surface area contributed by atoms with E-state index in [1.807, 2.05) is 19.1 Å². The molecule has 0 heterocycles. The first kappa shape index (κ1) is 17.2. The van der Waals surface area contributed by atoms with Crippen molar-refractivity contribution in [2.24, 2.45) is 0 Å². The van der Waals surface area contributed by atoms with Crippen LogP contribution in [0, 0.1) is 6.92 Å². The Hall–Kier alpha value is -3.15. The molecule has 6 nitrogen and oxygen atoms in total. The third-order valence-corrected chi connectivity index (χ3v) is 3.09. The normalized spacial score (nSPS) is 9.88. The highest BCUT2D eigenvalue weighted by molar-refractivity contribution is 5.92. The first-order valence-electron chi connectivity index (χ1n) is 7.27. The maximum absolute atomic E-state index is 11.7. The molecule has 2 aromatic rings. The molecule has 1 amide bonds. The van der Waals surface area contributed by atoms with Crippen LogP contribution in [0.5, 0.6) is 5.75 Å². The number of esters is 1. The fourth-order valence-corrected chi connectivity index (χ4v) is 1.87. The maximum atomic E-state index is 11.7. The smallest absolute Gasteiger partial charge is 0.344 e. The Morgan fingerprint density at radius 1 is 1.04 bits per heavy atom. The summed E-state index contributed by atoms with van der Waals surface area (Å²) in [7, 11) is 0. The standard InChI is InChI=1S/C18H17NO5/c1-13-6-8-15(9-7-13)19-17(21)11-24-18(22)12-23-16-5-3-2-4-14(16)10-20/h2-10H,11-12H2,1H3,(H,19,21). The molecule has 2 aromatic carbocycles. The minimum Gasteiger partial charge on any atom is -0.481 e. The highest BCUT2D eigenvalue weighted by atomic mass is 16.6. The molecule has 0 bridgehead atoms. The predicted octanol–water partition coefficient (Wildman–Crippen LogP) is 2.37. The summed E-state index contributed by atoms with van der Waals surface area (Å²) in [4.78, 5) is 34.1. The zero-order valence-corrected chi connectivity index (χ0v) is 13.2. The van der Waals surface area contributed by atoms with Gasteiger partial charge in [-0.25, -0.2) is 4.79 Å². The highest BCUT2D eigenvalue weighted by Crippen LogP contribution is 2.15. The second-order valence-corrected chi connectivity index (χ2v) is 5.02. The molecule has 0 aliphatic rings. The van der Waals surface area contributed by atoms with Gasteiger partial charge in [-0.05, 0) is 31.2 Å². The molecule has 0 saturated carbocycles. The molecule has 0 aliphatic carbocycles. The lowest BCUT2D eigenvalue weighted by Crippen LogP contribution is -2.23. The van der Waals surface area contributed by atoms with Crippen molar-refractivity contribution in [1.29, 1.82) is 0 Å². The van der Waals surface area contributed by atoms with Crippen LogP contribution in [-0.2, 0) is 14.3 Å². The second-order valence-electron chi connectivity index (χ2n) is 5.02. The minimum absolute atomic E-state index is 0.286. The van der Waals surface area contributed by atoms with Gasteiger partial charge in [-0.1, -0.05) is 29.8 Å². The summed E-state index contributed by atoms with van der Waals surface area (Å²) in [5.74, 6) is -0.858. The van der Waals surface area contributed by atoms with Gasteiger partial charge in [0.2, 0.25) is 0 Å². The van der Waals surface area contributed by atoms with Crippen molar-refractivity contribution >= 4 is 23.9 Å². The first-order chi connectivity index (χ1) is 11.6. The number of hydrogen-bond acceptors (Lipinski definition) is 5. The van der Waals surface area contributed by atoms with E-state index in [0.717, 1.165) is 5.56 Å². The van der Waals surface area contributed by atoms with E-state index in [1.54, 1.807) is 36.4 Å². The molecule has 0 spiro atoms. The maximum Gasteiger partial charge on any atom is 0.344 e. The summed E-state index contributed by atoms with van der Waals surface area (Å²) >= 11 is 0. The summed E-state index contributed by atoms with van der Waals surface area (Å²) in [6, 6.07) is 13.7. The van der Waals surface area contributed by atoms with Crippen molar-refractivity contribution in [2.75, 3.05) is 18.5 Å². The molecular weight excluding hydrogens is 310 g/mol. The molecule has 0 aliphatic heterocycles. The average Bonchev–Trinajstić information content (AvgIpc) is 2.60. The molecule has 24 heavy (non-hydrogen) atoms. The van der Waals surface area contributed by atoms with Gasteiger partial charge < -0.3 is 14.8 Å². The largest absolute Gasteiger partial charge is 0.481 e. The number of benzene rings is 2. The third kappa shape index (κ3) is 5.24. The van der Waals surface area contributed by atoms with E-state index < -0.39 is 18.5 Å². The number of aldehydes is 1. The molecule has 0 unspecified atom stereocenters. The average molecular weight is 327 g/mol. The third-order valence-electron chi connectivity index (χ3n) is 3.09. The van der Waals surface area contributed by atoms with Crippen LogP contribution in [0.2, 0.25) is 0 Å². The lowest BCUT2D eigenvalue weighted by atomic mass is 10.2. The van der Waals surface area contributed by atoms with Crippen molar-refractivity contribution in [3.63, 3.8) is 0 Å². The number of rotatable bonds is 7. The van der Waals surface area contributed by atoms with Crippen LogP contribution in [0.4, 0.5) is 5.69 Å². The Kier molecular flexibility index (Phi) is 6.08. The number of para-hydroxylation sites is 1. The number of aryl methyl sites for hydroxylation is 1. The zero-order chi connectivity index (χ0) is 17.4. The Morgan fingerprint density at radius 2 is 1.75 bits per heavy atom. The summed E-state index contributed by atoms with van der Waals surface area (Å²) in [6.45, 7) is 1.14. The molecule has 0 radical (unpaired) electrons. The minimum atomic E-state index is -0.699. The topological polar surface area (TPSA) is 81.7 Å². The fourth-order valence-electron chi connectivity index (χ4n) is 1.87. The SMILES string of the molecule is Cc1ccc(NC(=O)COC(=O)COc2ccccc2C=O)cc1. The van der Waals surface area contributed by atoms with Crippen LogP contribution < -0.4 is 10.1 Å².